The van der Waals surface area contributed by atoms with Crippen molar-refractivity contribution >= 4 is 39.0 Å². The molecule has 0 unspecified atom stereocenters. The number of hydrogen-bond acceptors (Lipinski definition) is 6. The summed E-state index contributed by atoms with van der Waals surface area (Å²) in [6.07, 6.45) is 1.64. The van der Waals surface area contributed by atoms with Crippen molar-refractivity contribution in [2.75, 3.05) is 5.32 Å². The number of amides is 1. The maximum atomic E-state index is 12.3. The Balaban J connectivity index is 1.53. The molecule has 27 heavy (non-hydrogen) atoms. The summed E-state index contributed by atoms with van der Waals surface area (Å²) in [6.45, 7) is 0. The van der Waals surface area contributed by atoms with Crippen LogP contribution in [0.3, 0.4) is 0 Å². The number of anilines is 1. The molecule has 0 atom stereocenters. The highest BCUT2D eigenvalue weighted by Gasteiger charge is 2.12. The Morgan fingerprint density at radius 2 is 1.93 bits per heavy atom. The van der Waals surface area contributed by atoms with Gasteiger partial charge in [0.1, 0.15) is 10.8 Å². The van der Waals surface area contributed by atoms with Crippen molar-refractivity contribution < 1.29 is 9.72 Å². The third-order valence-corrected chi connectivity index (χ3v) is 4.95. The zero-order valence-corrected chi connectivity index (χ0v) is 14.6. The van der Waals surface area contributed by atoms with Gasteiger partial charge in [0, 0.05) is 29.5 Å². The molecular weight excluding hydrogens is 364 g/mol. The number of non-ortho nitro benzene ring substituents is 1. The topological polar surface area (TPSA) is 98.0 Å². The van der Waals surface area contributed by atoms with Crippen LogP contribution in [0.1, 0.15) is 10.4 Å². The van der Waals surface area contributed by atoms with E-state index in [0.717, 1.165) is 20.8 Å². The van der Waals surface area contributed by atoms with Gasteiger partial charge in [0.2, 0.25) is 0 Å². The van der Waals surface area contributed by atoms with Crippen LogP contribution in [0, 0.1) is 10.1 Å². The molecule has 0 saturated heterocycles. The Morgan fingerprint density at radius 3 is 2.67 bits per heavy atom. The van der Waals surface area contributed by atoms with Crippen LogP contribution in [0.2, 0.25) is 0 Å². The Morgan fingerprint density at radius 1 is 1.07 bits per heavy atom. The third kappa shape index (κ3) is 3.51. The van der Waals surface area contributed by atoms with Crippen molar-refractivity contribution in [3.63, 3.8) is 0 Å². The maximum absolute atomic E-state index is 12.3. The van der Waals surface area contributed by atoms with E-state index in [1.54, 1.807) is 23.6 Å². The fraction of sp³-hybridized carbons (Fsp3) is 0. The Labute approximate surface area is 157 Å². The van der Waals surface area contributed by atoms with E-state index in [-0.39, 0.29) is 11.3 Å². The minimum atomic E-state index is -0.540. The first-order chi connectivity index (χ1) is 13.1. The second kappa shape index (κ2) is 6.93. The van der Waals surface area contributed by atoms with Gasteiger partial charge in [-0.25, -0.2) is 9.97 Å². The molecule has 0 aliphatic rings. The van der Waals surface area contributed by atoms with Gasteiger partial charge in [0.15, 0.2) is 0 Å². The van der Waals surface area contributed by atoms with Crippen LogP contribution in [0.25, 0.3) is 20.8 Å². The number of rotatable bonds is 4. The standard InChI is InChI=1S/C19H12N4O3S/c24-18(12-4-3-5-14(10-12)23(25)26)22-17-9-8-13(11-20-17)19-21-15-6-1-2-7-16(15)27-19/h1-11H,(H,20,22,24). The normalized spacial score (nSPS) is 10.7. The summed E-state index contributed by atoms with van der Waals surface area (Å²) in [4.78, 5) is 31.4. The Bertz CT molecular complexity index is 1120. The number of carbonyl (C=O) groups is 1. The predicted molar refractivity (Wildman–Crippen MR) is 104 cm³/mol. The summed E-state index contributed by atoms with van der Waals surface area (Å²) in [5.41, 5.74) is 1.84. The van der Waals surface area contributed by atoms with E-state index in [2.05, 4.69) is 15.3 Å². The number of nitro benzene ring substituents is 1. The van der Waals surface area contributed by atoms with Crippen molar-refractivity contribution in [1.82, 2.24) is 9.97 Å². The number of nitrogens with zero attached hydrogens (tertiary/aromatic N) is 3. The lowest BCUT2D eigenvalue weighted by molar-refractivity contribution is -0.384. The second-order valence-corrected chi connectivity index (χ2v) is 6.71. The fourth-order valence-corrected chi connectivity index (χ4v) is 3.49. The summed E-state index contributed by atoms with van der Waals surface area (Å²) in [5, 5.41) is 14.3. The number of pyridine rings is 1. The molecule has 8 heteroatoms. The van der Waals surface area contributed by atoms with E-state index < -0.39 is 10.8 Å². The lowest BCUT2D eigenvalue weighted by Gasteiger charge is -2.05. The lowest BCUT2D eigenvalue weighted by atomic mass is 10.2. The van der Waals surface area contributed by atoms with E-state index in [4.69, 9.17) is 0 Å². The maximum Gasteiger partial charge on any atom is 0.270 e. The molecule has 2 aromatic carbocycles. The minimum absolute atomic E-state index is 0.137. The molecule has 0 saturated carbocycles. The van der Waals surface area contributed by atoms with Crippen molar-refractivity contribution in [3.05, 3.63) is 82.5 Å². The van der Waals surface area contributed by atoms with E-state index >= 15 is 0 Å². The average molecular weight is 376 g/mol. The van der Waals surface area contributed by atoms with Crippen LogP contribution in [-0.4, -0.2) is 20.8 Å². The van der Waals surface area contributed by atoms with Crippen molar-refractivity contribution in [2.24, 2.45) is 0 Å². The highest BCUT2D eigenvalue weighted by atomic mass is 32.1. The average Bonchev–Trinajstić information content (AvgIpc) is 3.13. The molecule has 0 radical (unpaired) electrons. The number of nitrogens with one attached hydrogen (secondary N) is 1. The molecule has 0 fully saturated rings. The number of hydrogen-bond donors (Lipinski definition) is 1. The van der Waals surface area contributed by atoms with E-state index in [1.807, 2.05) is 30.3 Å². The molecule has 4 rings (SSSR count). The number of fused-ring (bicyclic) bond motifs is 1. The molecular formula is C19H12N4O3S. The number of para-hydroxylation sites is 1. The molecule has 132 valence electrons. The summed E-state index contributed by atoms with van der Waals surface area (Å²) in [7, 11) is 0. The van der Waals surface area contributed by atoms with Gasteiger partial charge in [0.05, 0.1) is 15.1 Å². The minimum Gasteiger partial charge on any atom is -0.307 e. The molecule has 0 bridgehead atoms. The molecule has 2 aromatic heterocycles. The molecule has 1 N–H and O–H groups in total. The van der Waals surface area contributed by atoms with E-state index in [1.165, 1.54) is 24.3 Å². The Kier molecular flexibility index (Phi) is 4.31. The van der Waals surface area contributed by atoms with Gasteiger partial charge in [-0.2, -0.15) is 0 Å². The molecule has 2 heterocycles. The second-order valence-electron chi connectivity index (χ2n) is 5.68. The van der Waals surface area contributed by atoms with Gasteiger partial charge in [-0.1, -0.05) is 18.2 Å². The van der Waals surface area contributed by atoms with E-state index in [9.17, 15) is 14.9 Å². The third-order valence-electron chi connectivity index (χ3n) is 3.87. The molecule has 4 aromatic rings. The smallest absolute Gasteiger partial charge is 0.270 e. The Hall–Kier alpha value is -3.65. The summed E-state index contributed by atoms with van der Waals surface area (Å²) in [5.74, 6) is -0.102. The zero-order chi connectivity index (χ0) is 18.8. The molecule has 7 nitrogen and oxygen atoms in total. The van der Waals surface area contributed by atoms with Gasteiger partial charge in [-0.05, 0) is 30.3 Å². The van der Waals surface area contributed by atoms with Gasteiger partial charge < -0.3 is 5.32 Å². The predicted octanol–water partition coefficient (Wildman–Crippen LogP) is 4.52. The molecule has 1 amide bonds. The summed E-state index contributed by atoms with van der Waals surface area (Å²) in [6, 6.07) is 16.9. The molecule has 0 aliphatic carbocycles. The van der Waals surface area contributed by atoms with Gasteiger partial charge in [-0.3, -0.25) is 14.9 Å². The quantitative estimate of drug-likeness (QED) is 0.417. The zero-order valence-electron chi connectivity index (χ0n) is 13.8. The lowest BCUT2D eigenvalue weighted by Crippen LogP contribution is -2.13. The first-order valence-corrected chi connectivity index (χ1v) is 8.79. The largest absolute Gasteiger partial charge is 0.307 e. The van der Waals surface area contributed by atoms with Crippen molar-refractivity contribution in [1.29, 1.82) is 0 Å². The van der Waals surface area contributed by atoms with Crippen molar-refractivity contribution in [2.45, 2.75) is 0 Å². The monoisotopic (exact) mass is 376 g/mol. The van der Waals surface area contributed by atoms with Crippen LogP contribution in [0.5, 0.6) is 0 Å². The van der Waals surface area contributed by atoms with Crippen LogP contribution in [0.4, 0.5) is 11.5 Å². The number of aromatic nitrogens is 2. The van der Waals surface area contributed by atoms with E-state index in [0.29, 0.717) is 5.82 Å². The number of benzene rings is 2. The highest BCUT2D eigenvalue weighted by Crippen LogP contribution is 2.29. The van der Waals surface area contributed by atoms with Crippen LogP contribution < -0.4 is 5.32 Å². The fourth-order valence-electron chi connectivity index (χ4n) is 2.54. The van der Waals surface area contributed by atoms with Crippen LogP contribution in [0.15, 0.2) is 66.9 Å². The number of nitro groups is 1. The first-order valence-electron chi connectivity index (χ1n) is 7.98. The molecule has 0 spiro atoms. The number of carbonyl (C=O) groups excluding carboxylic acids is 1. The summed E-state index contributed by atoms with van der Waals surface area (Å²) >= 11 is 1.57. The molecule has 0 aliphatic heterocycles. The van der Waals surface area contributed by atoms with Crippen LogP contribution in [-0.2, 0) is 0 Å². The SMILES string of the molecule is O=C(Nc1ccc(-c2nc3ccccc3s2)cn1)c1cccc([N+](=O)[O-])c1. The van der Waals surface area contributed by atoms with Gasteiger partial charge in [-0.15, -0.1) is 11.3 Å². The first kappa shape index (κ1) is 16.8. The van der Waals surface area contributed by atoms with Gasteiger partial charge >= 0.3 is 0 Å². The summed E-state index contributed by atoms with van der Waals surface area (Å²) < 4.78 is 1.09. The number of thiazole rings is 1. The van der Waals surface area contributed by atoms with Crippen molar-refractivity contribution in [3.8, 4) is 10.6 Å². The highest BCUT2D eigenvalue weighted by molar-refractivity contribution is 7.21. The van der Waals surface area contributed by atoms with Crippen LogP contribution >= 0.6 is 11.3 Å². The van der Waals surface area contributed by atoms with Gasteiger partial charge in [0.25, 0.3) is 11.6 Å².